The van der Waals surface area contributed by atoms with Crippen molar-refractivity contribution < 1.29 is 0 Å². The van der Waals surface area contributed by atoms with E-state index >= 15 is 0 Å². The third kappa shape index (κ3) is 3.32. The van der Waals surface area contributed by atoms with Crippen LogP contribution in [0.3, 0.4) is 0 Å². The fraction of sp³-hybridized carbons (Fsp3) is 0.538. The van der Waals surface area contributed by atoms with Gasteiger partial charge in [0.2, 0.25) is 11.1 Å². The summed E-state index contributed by atoms with van der Waals surface area (Å²) in [5, 5.41) is 10.4. The van der Waals surface area contributed by atoms with Crippen molar-refractivity contribution in [3.05, 3.63) is 21.9 Å². The van der Waals surface area contributed by atoms with Crippen LogP contribution in [0.25, 0.3) is 0 Å². The Kier molecular flexibility index (Phi) is 4.34. The molecule has 0 radical (unpaired) electrons. The van der Waals surface area contributed by atoms with Crippen molar-refractivity contribution in [2.24, 2.45) is 0 Å². The summed E-state index contributed by atoms with van der Waals surface area (Å²) in [4.78, 5) is 13.2. The van der Waals surface area contributed by atoms with E-state index in [2.05, 4.69) is 52.9 Å². The zero-order chi connectivity index (χ0) is 14.8. The first-order valence-corrected chi connectivity index (χ1v) is 8.50. The standard InChI is InChI=1S/C13H17BrN6S/c1-9-17-18-13(21-9)20-5-3-11(4-6-20)19(2)12-15-7-10(14)8-16-12/h7-8,11H,3-6H2,1-2H3. The van der Waals surface area contributed by atoms with Crippen LogP contribution < -0.4 is 9.80 Å². The van der Waals surface area contributed by atoms with Gasteiger partial charge in [-0.25, -0.2) is 9.97 Å². The molecule has 0 saturated carbocycles. The van der Waals surface area contributed by atoms with E-state index in [0.29, 0.717) is 6.04 Å². The Hall–Kier alpha value is -1.28. The number of aromatic nitrogens is 4. The van der Waals surface area contributed by atoms with Gasteiger partial charge in [-0.05, 0) is 35.7 Å². The van der Waals surface area contributed by atoms with Crippen LogP contribution in [0.4, 0.5) is 11.1 Å². The maximum atomic E-state index is 4.37. The molecular formula is C13H17BrN6S. The highest BCUT2D eigenvalue weighted by atomic mass is 79.9. The topological polar surface area (TPSA) is 58.0 Å². The van der Waals surface area contributed by atoms with Crippen LogP contribution in [0, 0.1) is 6.92 Å². The molecule has 0 aromatic carbocycles. The summed E-state index contributed by atoms with van der Waals surface area (Å²) in [6.45, 7) is 3.99. The zero-order valence-electron chi connectivity index (χ0n) is 12.0. The van der Waals surface area contributed by atoms with Gasteiger partial charge in [0.1, 0.15) is 5.01 Å². The molecule has 2 aromatic rings. The lowest BCUT2D eigenvalue weighted by Crippen LogP contribution is -2.44. The molecule has 0 amide bonds. The van der Waals surface area contributed by atoms with Crippen molar-refractivity contribution in [2.45, 2.75) is 25.8 Å². The monoisotopic (exact) mass is 368 g/mol. The zero-order valence-corrected chi connectivity index (χ0v) is 14.4. The lowest BCUT2D eigenvalue weighted by atomic mass is 10.0. The van der Waals surface area contributed by atoms with Crippen LogP contribution in [-0.4, -0.2) is 46.3 Å². The molecule has 2 aromatic heterocycles. The average molecular weight is 369 g/mol. The Morgan fingerprint density at radius 2 is 1.90 bits per heavy atom. The van der Waals surface area contributed by atoms with Gasteiger partial charge in [-0.2, -0.15) is 0 Å². The van der Waals surface area contributed by atoms with E-state index in [-0.39, 0.29) is 0 Å². The van der Waals surface area contributed by atoms with Gasteiger partial charge >= 0.3 is 0 Å². The quantitative estimate of drug-likeness (QED) is 0.829. The minimum atomic E-state index is 0.469. The second-order valence-electron chi connectivity index (χ2n) is 5.13. The van der Waals surface area contributed by atoms with Gasteiger partial charge in [0.15, 0.2) is 0 Å². The van der Waals surface area contributed by atoms with Crippen LogP contribution in [-0.2, 0) is 0 Å². The number of piperidine rings is 1. The van der Waals surface area contributed by atoms with E-state index in [1.54, 1.807) is 23.7 Å². The molecule has 1 aliphatic rings. The summed E-state index contributed by atoms with van der Waals surface area (Å²) in [5.41, 5.74) is 0. The van der Waals surface area contributed by atoms with Gasteiger partial charge in [0.25, 0.3) is 0 Å². The summed E-state index contributed by atoms with van der Waals surface area (Å²) in [6, 6.07) is 0.469. The molecule has 3 heterocycles. The molecule has 0 N–H and O–H groups in total. The molecule has 21 heavy (non-hydrogen) atoms. The average Bonchev–Trinajstić information content (AvgIpc) is 2.94. The van der Waals surface area contributed by atoms with Crippen LogP contribution in [0.1, 0.15) is 17.8 Å². The van der Waals surface area contributed by atoms with Crippen LogP contribution >= 0.6 is 27.3 Å². The number of rotatable bonds is 3. The Morgan fingerprint density at radius 3 is 2.48 bits per heavy atom. The Bertz CT molecular complexity index is 593. The number of aryl methyl sites for hydroxylation is 1. The fourth-order valence-electron chi connectivity index (χ4n) is 2.51. The van der Waals surface area contributed by atoms with E-state index in [1.165, 1.54) is 0 Å². The minimum Gasteiger partial charge on any atom is -0.347 e. The van der Waals surface area contributed by atoms with Crippen molar-refractivity contribution in [3.8, 4) is 0 Å². The number of halogens is 1. The normalized spacial score (nSPS) is 16.2. The maximum absolute atomic E-state index is 4.37. The maximum Gasteiger partial charge on any atom is 0.225 e. The molecule has 3 rings (SSSR count). The van der Waals surface area contributed by atoms with Gasteiger partial charge in [0, 0.05) is 38.6 Å². The van der Waals surface area contributed by atoms with E-state index < -0.39 is 0 Å². The van der Waals surface area contributed by atoms with Crippen molar-refractivity contribution in [2.75, 3.05) is 29.9 Å². The number of hydrogen-bond donors (Lipinski definition) is 0. The predicted octanol–water partition coefficient (Wildman–Crippen LogP) is 2.50. The Morgan fingerprint density at radius 1 is 1.24 bits per heavy atom. The van der Waals surface area contributed by atoms with Crippen molar-refractivity contribution in [3.63, 3.8) is 0 Å². The first-order chi connectivity index (χ1) is 10.1. The first kappa shape index (κ1) is 14.6. The van der Waals surface area contributed by atoms with E-state index in [9.17, 15) is 0 Å². The predicted molar refractivity (Wildman–Crippen MR) is 88.0 cm³/mol. The van der Waals surface area contributed by atoms with Crippen molar-refractivity contribution in [1.29, 1.82) is 0 Å². The van der Waals surface area contributed by atoms with Gasteiger partial charge in [-0.15, -0.1) is 10.2 Å². The summed E-state index contributed by atoms with van der Waals surface area (Å²) < 4.78 is 0.904. The summed E-state index contributed by atoms with van der Waals surface area (Å²) in [6.07, 6.45) is 5.74. The summed E-state index contributed by atoms with van der Waals surface area (Å²) in [5.74, 6) is 0.781. The molecule has 0 unspecified atom stereocenters. The largest absolute Gasteiger partial charge is 0.347 e. The molecule has 0 aliphatic carbocycles. The second-order valence-corrected chi connectivity index (χ2v) is 7.21. The van der Waals surface area contributed by atoms with Crippen LogP contribution in [0.5, 0.6) is 0 Å². The Labute approximate surface area is 136 Å². The Balaban J connectivity index is 1.61. The third-order valence-electron chi connectivity index (χ3n) is 3.72. The SMILES string of the molecule is Cc1nnc(N2CCC(N(C)c3ncc(Br)cn3)CC2)s1. The second kappa shape index (κ2) is 6.23. The molecule has 0 bridgehead atoms. The molecule has 1 fully saturated rings. The molecule has 1 aliphatic heterocycles. The molecule has 8 heteroatoms. The van der Waals surface area contributed by atoms with Gasteiger partial charge in [-0.3, -0.25) is 0 Å². The van der Waals surface area contributed by atoms with E-state index in [1.807, 2.05) is 6.92 Å². The smallest absolute Gasteiger partial charge is 0.225 e. The molecule has 6 nitrogen and oxygen atoms in total. The summed E-state index contributed by atoms with van der Waals surface area (Å²) in [7, 11) is 2.07. The van der Waals surface area contributed by atoms with Crippen molar-refractivity contribution >= 4 is 38.3 Å². The van der Waals surface area contributed by atoms with E-state index in [0.717, 1.165) is 46.5 Å². The number of hydrogen-bond acceptors (Lipinski definition) is 7. The third-order valence-corrected chi connectivity index (χ3v) is 5.03. The molecule has 1 saturated heterocycles. The number of anilines is 2. The highest BCUT2D eigenvalue weighted by Crippen LogP contribution is 2.26. The van der Waals surface area contributed by atoms with Gasteiger partial charge in [-0.1, -0.05) is 11.3 Å². The molecular weight excluding hydrogens is 352 g/mol. The van der Waals surface area contributed by atoms with Gasteiger partial charge < -0.3 is 9.80 Å². The fourth-order valence-corrected chi connectivity index (χ4v) is 3.45. The molecule has 0 atom stereocenters. The van der Waals surface area contributed by atoms with Crippen LogP contribution in [0.2, 0.25) is 0 Å². The highest BCUT2D eigenvalue weighted by Gasteiger charge is 2.25. The summed E-state index contributed by atoms with van der Waals surface area (Å²) >= 11 is 5.03. The minimum absolute atomic E-state index is 0.469. The lowest BCUT2D eigenvalue weighted by molar-refractivity contribution is 0.476. The first-order valence-electron chi connectivity index (χ1n) is 6.89. The molecule has 0 spiro atoms. The highest BCUT2D eigenvalue weighted by molar-refractivity contribution is 9.10. The van der Waals surface area contributed by atoms with Crippen molar-refractivity contribution in [1.82, 2.24) is 20.2 Å². The van der Waals surface area contributed by atoms with Crippen LogP contribution in [0.15, 0.2) is 16.9 Å². The molecule has 112 valence electrons. The van der Waals surface area contributed by atoms with E-state index in [4.69, 9.17) is 0 Å². The lowest BCUT2D eigenvalue weighted by Gasteiger charge is -2.36. The number of nitrogens with zero attached hydrogens (tertiary/aromatic N) is 6. The van der Waals surface area contributed by atoms with Gasteiger partial charge in [0.05, 0.1) is 4.47 Å².